The Bertz CT molecular complexity index is 590. The fourth-order valence-corrected chi connectivity index (χ4v) is 2.92. The monoisotopic (exact) mass is 332 g/mol. The second-order valence-electron chi connectivity index (χ2n) is 4.65. The van der Waals surface area contributed by atoms with Gasteiger partial charge >= 0.3 is 0 Å². The van der Waals surface area contributed by atoms with Crippen LogP contribution in [0.15, 0.2) is 54.6 Å². The summed E-state index contributed by atoms with van der Waals surface area (Å²) in [5.41, 5.74) is 2.28. The van der Waals surface area contributed by atoms with E-state index >= 15 is 0 Å². The summed E-state index contributed by atoms with van der Waals surface area (Å²) in [5.74, 6) is 2.85. The summed E-state index contributed by atoms with van der Waals surface area (Å²) in [6.07, 6.45) is 0. The lowest BCUT2D eigenvalue weighted by atomic mass is 10.2. The molecule has 0 amide bonds. The third kappa shape index (κ3) is 5.95. The Balaban J connectivity index is 1.63. The predicted molar refractivity (Wildman–Crippen MR) is 99.8 cm³/mol. The topological polar surface area (TPSA) is 33.3 Å². The van der Waals surface area contributed by atoms with Crippen LogP contribution in [0.1, 0.15) is 5.56 Å². The minimum absolute atomic E-state index is 0.633. The van der Waals surface area contributed by atoms with Gasteiger partial charge in [-0.2, -0.15) is 11.8 Å². The second-order valence-corrected chi connectivity index (χ2v) is 6.16. The molecule has 0 aromatic heterocycles. The predicted octanol–water partition coefficient (Wildman–Crippen LogP) is 3.92. The highest BCUT2D eigenvalue weighted by molar-refractivity contribution is 7.98. The summed E-state index contributed by atoms with van der Waals surface area (Å²) < 4.78 is 5.18. The van der Waals surface area contributed by atoms with Crippen LogP contribution in [-0.2, 0) is 5.75 Å². The van der Waals surface area contributed by atoms with Gasteiger partial charge in [-0.1, -0.05) is 36.4 Å². The van der Waals surface area contributed by atoms with E-state index in [1.54, 1.807) is 7.11 Å². The Hall–Kier alpha value is -1.72. The Morgan fingerprint density at radius 3 is 2.73 bits per heavy atom. The number of nitrogens with one attached hydrogen (secondary N) is 2. The maximum Gasteiger partial charge on any atom is 0.170 e. The smallest absolute Gasteiger partial charge is 0.170 e. The standard InChI is InChI=1S/C17H20N2OS2/c1-20-16-9-5-8-15(12-16)19-17(21)18-10-11-22-13-14-6-3-2-4-7-14/h2-9,12H,10-11,13H2,1H3,(H2,18,19,21). The molecule has 0 unspecified atom stereocenters. The van der Waals surface area contributed by atoms with Gasteiger partial charge in [-0.3, -0.25) is 0 Å². The molecule has 0 fully saturated rings. The molecule has 2 aromatic carbocycles. The molecular weight excluding hydrogens is 312 g/mol. The molecule has 0 saturated heterocycles. The molecular formula is C17H20N2OS2. The number of thiocarbonyl (C=S) groups is 1. The Labute approximate surface area is 141 Å². The van der Waals surface area contributed by atoms with E-state index in [2.05, 4.69) is 34.9 Å². The van der Waals surface area contributed by atoms with Crippen molar-refractivity contribution in [1.82, 2.24) is 5.32 Å². The fourth-order valence-electron chi connectivity index (χ4n) is 1.88. The first-order valence-electron chi connectivity index (χ1n) is 7.08. The van der Waals surface area contributed by atoms with Crippen molar-refractivity contribution in [3.63, 3.8) is 0 Å². The van der Waals surface area contributed by atoms with Gasteiger partial charge in [0.05, 0.1) is 7.11 Å². The van der Waals surface area contributed by atoms with Gasteiger partial charge in [0.1, 0.15) is 5.75 Å². The van der Waals surface area contributed by atoms with Crippen molar-refractivity contribution in [3.05, 3.63) is 60.2 Å². The number of rotatable bonds is 7. The molecule has 0 bridgehead atoms. The normalized spacial score (nSPS) is 10.0. The average Bonchev–Trinajstić information content (AvgIpc) is 2.55. The van der Waals surface area contributed by atoms with E-state index in [0.717, 1.165) is 29.5 Å². The zero-order valence-electron chi connectivity index (χ0n) is 12.5. The summed E-state index contributed by atoms with van der Waals surface area (Å²) >= 11 is 7.18. The Morgan fingerprint density at radius 1 is 1.14 bits per heavy atom. The molecule has 0 aliphatic heterocycles. The largest absolute Gasteiger partial charge is 0.497 e. The van der Waals surface area contributed by atoms with Gasteiger partial charge in [-0.15, -0.1) is 0 Å². The molecule has 0 aliphatic rings. The molecule has 0 saturated carbocycles. The van der Waals surface area contributed by atoms with E-state index in [4.69, 9.17) is 17.0 Å². The molecule has 0 heterocycles. The Morgan fingerprint density at radius 2 is 1.95 bits per heavy atom. The fraction of sp³-hybridized carbons (Fsp3) is 0.235. The first kappa shape index (κ1) is 16.6. The van der Waals surface area contributed by atoms with Crippen molar-refractivity contribution in [1.29, 1.82) is 0 Å². The van der Waals surface area contributed by atoms with E-state index in [-0.39, 0.29) is 0 Å². The van der Waals surface area contributed by atoms with E-state index < -0.39 is 0 Å². The summed E-state index contributed by atoms with van der Waals surface area (Å²) in [4.78, 5) is 0. The van der Waals surface area contributed by atoms with Crippen molar-refractivity contribution < 1.29 is 4.74 Å². The quantitative estimate of drug-likeness (QED) is 0.593. The van der Waals surface area contributed by atoms with E-state index in [1.807, 2.05) is 42.1 Å². The van der Waals surface area contributed by atoms with E-state index in [1.165, 1.54) is 5.56 Å². The number of methoxy groups -OCH3 is 1. The molecule has 0 atom stereocenters. The number of thioether (sulfide) groups is 1. The van der Waals surface area contributed by atoms with Gasteiger partial charge < -0.3 is 15.4 Å². The van der Waals surface area contributed by atoms with Gasteiger partial charge in [0.15, 0.2) is 5.11 Å². The number of anilines is 1. The highest BCUT2D eigenvalue weighted by atomic mass is 32.2. The van der Waals surface area contributed by atoms with Crippen LogP contribution in [0.5, 0.6) is 5.75 Å². The first-order valence-corrected chi connectivity index (χ1v) is 8.65. The molecule has 2 rings (SSSR count). The zero-order chi connectivity index (χ0) is 15.6. The van der Waals surface area contributed by atoms with Gasteiger partial charge in [0.2, 0.25) is 0 Å². The first-order chi connectivity index (χ1) is 10.8. The van der Waals surface area contributed by atoms with Crippen LogP contribution in [0.25, 0.3) is 0 Å². The summed E-state index contributed by atoms with van der Waals surface area (Å²) in [6, 6.07) is 18.2. The highest BCUT2D eigenvalue weighted by Gasteiger charge is 1.99. The molecule has 5 heteroatoms. The van der Waals surface area contributed by atoms with Crippen LogP contribution in [0.4, 0.5) is 5.69 Å². The molecule has 2 N–H and O–H groups in total. The van der Waals surface area contributed by atoms with Gasteiger partial charge in [-0.05, 0) is 29.9 Å². The zero-order valence-corrected chi connectivity index (χ0v) is 14.2. The van der Waals surface area contributed by atoms with Crippen LogP contribution in [0.2, 0.25) is 0 Å². The SMILES string of the molecule is COc1cccc(NC(=S)NCCSCc2ccccc2)c1. The molecule has 0 radical (unpaired) electrons. The lowest BCUT2D eigenvalue weighted by Crippen LogP contribution is -2.30. The summed E-state index contributed by atoms with van der Waals surface area (Å²) in [7, 11) is 1.65. The highest BCUT2D eigenvalue weighted by Crippen LogP contribution is 2.16. The molecule has 3 nitrogen and oxygen atoms in total. The van der Waals surface area contributed by atoms with E-state index in [9.17, 15) is 0 Å². The van der Waals surface area contributed by atoms with Gasteiger partial charge in [-0.25, -0.2) is 0 Å². The summed E-state index contributed by atoms with van der Waals surface area (Å²) in [5, 5.41) is 7.00. The molecule has 2 aromatic rings. The number of hydrogen-bond acceptors (Lipinski definition) is 3. The number of hydrogen-bond donors (Lipinski definition) is 2. The summed E-state index contributed by atoms with van der Waals surface area (Å²) in [6.45, 7) is 0.841. The molecule has 0 aliphatic carbocycles. The average molecular weight is 332 g/mol. The minimum Gasteiger partial charge on any atom is -0.497 e. The molecule has 116 valence electrons. The third-order valence-electron chi connectivity index (χ3n) is 2.97. The van der Waals surface area contributed by atoms with Crippen molar-refractivity contribution in [2.24, 2.45) is 0 Å². The van der Waals surface area contributed by atoms with Crippen LogP contribution >= 0.6 is 24.0 Å². The van der Waals surface area contributed by atoms with Crippen molar-refractivity contribution in [3.8, 4) is 5.75 Å². The van der Waals surface area contributed by atoms with Crippen LogP contribution in [0, 0.1) is 0 Å². The van der Waals surface area contributed by atoms with Crippen LogP contribution in [-0.4, -0.2) is 24.5 Å². The van der Waals surface area contributed by atoms with Gasteiger partial charge in [0, 0.05) is 29.8 Å². The molecule has 22 heavy (non-hydrogen) atoms. The van der Waals surface area contributed by atoms with Crippen LogP contribution < -0.4 is 15.4 Å². The number of ether oxygens (including phenoxy) is 1. The van der Waals surface area contributed by atoms with Gasteiger partial charge in [0.25, 0.3) is 0 Å². The maximum atomic E-state index is 5.29. The van der Waals surface area contributed by atoms with E-state index in [0.29, 0.717) is 5.11 Å². The van der Waals surface area contributed by atoms with Crippen molar-refractivity contribution in [2.75, 3.05) is 24.7 Å². The van der Waals surface area contributed by atoms with Crippen molar-refractivity contribution in [2.45, 2.75) is 5.75 Å². The Kier molecular flexibility index (Phi) is 7.06. The maximum absolute atomic E-state index is 5.29. The van der Waals surface area contributed by atoms with Crippen molar-refractivity contribution >= 4 is 34.8 Å². The minimum atomic E-state index is 0.633. The second kappa shape index (κ2) is 9.33. The lowest BCUT2D eigenvalue weighted by Gasteiger charge is -2.11. The van der Waals surface area contributed by atoms with Crippen LogP contribution in [0.3, 0.4) is 0 Å². The molecule has 0 spiro atoms. The third-order valence-corrected chi connectivity index (χ3v) is 4.25. The number of benzene rings is 2. The lowest BCUT2D eigenvalue weighted by molar-refractivity contribution is 0.415.